The zero-order chi connectivity index (χ0) is 15.7. The molecule has 0 spiro atoms. The number of benzene rings is 1. The quantitative estimate of drug-likeness (QED) is 0.530. The minimum absolute atomic E-state index is 0.0808. The van der Waals surface area contributed by atoms with Gasteiger partial charge in [-0.25, -0.2) is 8.78 Å². The van der Waals surface area contributed by atoms with E-state index in [-0.39, 0.29) is 12.5 Å². The van der Waals surface area contributed by atoms with Crippen molar-refractivity contribution >= 4 is 5.96 Å². The lowest BCUT2D eigenvalue weighted by Crippen LogP contribution is -2.38. The van der Waals surface area contributed by atoms with Gasteiger partial charge in [-0.1, -0.05) is 6.92 Å². The fourth-order valence-corrected chi connectivity index (χ4v) is 1.70. The molecule has 1 unspecified atom stereocenters. The van der Waals surface area contributed by atoms with Crippen molar-refractivity contribution in [2.45, 2.75) is 20.3 Å². The molecule has 0 heterocycles. The first-order valence-electron chi connectivity index (χ1n) is 7.13. The van der Waals surface area contributed by atoms with Gasteiger partial charge < -0.3 is 15.7 Å². The monoisotopic (exact) mass is 299 g/mol. The lowest BCUT2D eigenvalue weighted by atomic mass is 10.1. The number of nitrogens with zero attached hydrogens (tertiary/aromatic N) is 1. The molecule has 0 saturated heterocycles. The largest absolute Gasteiger partial charge is 0.396 e. The van der Waals surface area contributed by atoms with E-state index in [1.165, 1.54) is 6.07 Å². The molecule has 1 rings (SSSR count). The van der Waals surface area contributed by atoms with Crippen LogP contribution in [0.3, 0.4) is 0 Å². The number of aliphatic hydroxyl groups excluding tert-OH is 1. The number of aliphatic hydroxyl groups is 1. The Morgan fingerprint density at radius 2 is 2.10 bits per heavy atom. The van der Waals surface area contributed by atoms with E-state index < -0.39 is 11.6 Å². The molecule has 0 amide bonds. The van der Waals surface area contributed by atoms with Crippen molar-refractivity contribution in [2.75, 3.05) is 26.2 Å². The van der Waals surface area contributed by atoms with E-state index in [4.69, 9.17) is 5.11 Å². The van der Waals surface area contributed by atoms with E-state index in [9.17, 15) is 8.78 Å². The van der Waals surface area contributed by atoms with Crippen LogP contribution in [-0.2, 0) is 6.42 Å². The molecule has 6 heteroatoms. The minimum Gasteiger partial charge on any atom is -0.396 e. The Morgan fingerprint density at radius 3 is 2.76 bits per heavy atom. The lowest BCUT2D eigenvalue weighted by Gasteiger charge is -2.12. The van der Waals surface area contributed by atoms with Crippen molar-refractivity contribution in [1.82, 2.24) is 10.6 Å². The summed E-state index contributed by atoms with van der Waals surface area (Å²) in [5.41, 5.74) is 0.335. The zero-order valence-electron chi connectivity index (χ0n) is 12.5. The molecule has 0 bridgehead atoms. The molecule has 0 fully saturated rings. The van der Waals surface area contributed by atoms with Crippen LogP contribution < -0.4 is 10.6 Å². The summed E-state index contributed by atoms with van der Waals surface area (Å²) >= 11 is 0. The van der Waals surface area contributed by atoms with Gasteiger partial charge in [-0.05, 0) is 43.0 Å². The average Bonchev–Trinajstić information content (AvgIpc) is 2.47. The van der Waals surface area contributed by atoms with Gasteiger partial charge in [0.05, 0.1) is 0 Å². The number of halogens is 2. The van der Waals surface area contributed by atoms with Crippen molar-refractivity contribution in [2.24, 2.45) is 10.9 Å². The Morgan fingerprint density at radius 1 is 1.33 bits per heavy atom. The fraction of sp³-hybridized carbons (Fsp3) is 0.533. The summed E-state index contributed by atoms with van der Waals surface area (Å²) in [7, 11) is 0. The minimum atomic E-state index is -0.441. The number of nitrogens with one attached hydrogen (secondary N) is 2. The highest BCUT2D eigenvalue weighted by Crippen LogP contribution is 2.09. The van der Waals surface area contributed by atoms with Gasteiger partial charge in [0, 0.05) is 26.2 Å². The van der Waals surface area contributed by atoms with E-state index in [0.29, 0.717) is 37.6 Å². The number of rotatable bonds is 7. The molecule has 4 nitrogen and oxygen atoms in total. The molecule has 0 aliphatic heterocycles. The third-order valence-corrected chi connectivity index (χ3v) is 2.91. The summed E-state index contributed by atoms with van der Waals surface area (Å²) in [6.45, 7) is 5.57. The van der Waals surface area contributed by atoms with Crippen LogP contribution in [0.2, 0.25) is 0 Å². The van der Waals surface area contributed by atoms with Crippen molar-refractivity contribution in [3.8, 4) is 0 Å². The Bertz CT molecular complexity index is 466. The average molecular weight is 299 g/mol. The molecule has 0 aliphatic rings. The topological polar surface area (TPSA) is 56.7 Å². The second-order valence-electron chi connectivity index (χ2n) is 4.92. The second-order valence-corrected chi connectivity index (χ2v) is 4.92. The van der Waals surface area contributed by atoms with E-state index >= 15 is 0 Å². The van der Waals surface area contributed by atoms with Gasteiger partial charge >= 0.3 is 0 Å². The van der Waals surface area contributed by atoms with E-state index in [0.717, 1.165) is 12.1 Å². The molecule has 1 atom stereocenters. The molecular formula is C15H23F2N3O. The van der Waals surface area contributed by atoms with Crippen LogP contribution in [0.25, 0.3) is 0 Å². The van der Waals surface area contributed by atoms with Gasteiger partial charge in [0.1, 0.15) is 11.6 Å². The van der Waals surface area contributed by atoms with Crippen LogP contribution in [0.4, 0.5) is 8.78 Å². The summed E-state index contributed by atoms with van der Waals surface area (Å²) in [5.74, 6) is -0.159. The standard InChI is InChI=1S/C15H23F2N3O/c1-3-18-15(20-9-11(2)10-21)19-7-6-12-8-13(16)4-5-14(12)17/h4-5,8,11,21H,3,6-7,9-10H2,1-2H3,(H2,18,19,20). The Balaban J connectivity index is 2.51. The van der Waals surface area contributed by atoms with Crippen molar-refractivity contribution in [1.29, 1.82) is 0 Å². The molecule has 0 radical (unpaired) electrons. The summed E-state index contributed by atoms with van der Waals surface area (Å²) in [6, 6.07) is 3.44. The van der Waals surface area contributed by atoms with Gasteiger partial charge in [0.25, 0.3) is 0 Å². The SMILES string of the molecule is CCNC(=NCC(C)CO)NCCc1cc(F)ccc1F. The van der Waals surface area contributed by atoms with Crippen LogP contribution in [0.15, 0.2) is 23.2 Å². The molecule has 0 aliphatic carbocycles. The maximum absolute atomic E-state index is 13.5. The summed E-state index contributed by atoms with van der Waals surface area (Å²) in [6.07, 6.45) is 0.365. The molecule has 1 aromatic carbocycles. The van der Waals surface area contributed by atoms with Crippen molar-refractivity contribution in [3.05, 3.63) is 35.4 Å². The number of hydrogen-bond donors (Lipinski definition) is 3. The van der Waals surface area contributed by atoms with Gasteiger partial charge in [-0.2, -0.15) is 0 Å². The Hall–Kier alpha value is -1.69. The van der Waals surface area contributed by atoms with E-state index in [1.54, 1.807) is 0 Å². The molecule has 118 valence electrons. The van der Waals surface area contributed by atoms with Gasteiger partial charge in [0.2, 0.25) is 0 Å². The van der Waals surface area contributed by atoms with E-state index in [2.05, 4.69) is 15.6 Å². The zero-order valence-corrected chi connectivity index (χ0v) is 12.5. The maximum atomic E-state index is 13.5. The fourth-order valence-electron chi connectivity index (χ4n) is 1.70. The third-order valence-electron chi connectivity index (χ3n) is 2.91. The van der Waals surface area contributed by atoms with Crippen LogP contribution in [0.1, 0.15) is 19.4 Å². The molecule has 1 aromatic rings. The van der Waals surface area contributed by atoms with Gasteiger partial charge in [0.15, 0.2) is 5.96 Å². The molecule has 0 aromatic heterocycles. The number of aliphatic imine (C=N–C) groups is 1. The maximum Gasteiger partial charge on any atom is 0.191 e. The molecule has 21 heavy (non-hydrogen) atoms. The highest BCUT2D eigenvalue weighted by molar-refractivity contribution is 5.79. The molecule has 3 N–H and O–H groups in total. The smallest absolute Gasteiger partial charge is 0.191 e. The number of guanidine groups is 1. The first-order chi connectivity index (χ1) is 10.1. The first kappa shape index (κ1) is 17.4. The van der Waals surface area contributed by atoms with Gasteiger partial charge in [-0.3, -0.25) is 4.99 Å². The van der Waals surface area contributed by atoms with Crippen LogP contribution >= 0.6 is 0 Å². The predicted molar refractivity (Wildman–Crippen MR) is 80.3 cm³/mol. The molecular weight excluding hydrogens is 276 g/mol. The Labute approximate surface area is 124 Å². The Kier molecular flexibility index (Phi) is 7.68. The van der Waals surface area contributed by atoms with Crippen molar-refractivity contribution in [3.63, 3.8) is 0 Å². The van der Waals surface area contributed by atoms with Crippen LogP contribution in [0, 0.1) is 17.6 Å². The first-order valence-corrected chi connectivity index (χ1v) is 7.13. The summed E-state index contributed by atoms with van der Waals surface area (Å²) in [5, 5.41) is 15.1. The van der Waals surface area contributed by atoms with Gasteiger partial charge in [-0.15, -0.1) is 0 Å². The number of hydrogen-bond acceptors (Lipinski definition) is 2. The van der Waals surface area contributed by atoms with Crippen LogP contribution in [-0.4, -0.2) is 37.3 Å². The second kappa shape index (κ2) is 9.28. The summed E-state index contributed by atoms with van der Waals surface area (Å²) < 4.78 is 26.5. The highest BCUT2D eigenvalue weighted by atomic mass is 19.1. The van der Waals surface area contributed by atoms with E-state index in [1.807, 2.05) is 13.8 Å². The summed E-state index contributed by atoms with van der Waals surface area (Å²) in [4.78, 5) is 4.32. The highest BCUT2D eigenvalue weighted by Gasteiger charge is 2.05. The molecule has 0 saturated carbocycles. The lowest BCUT2D eigenvalue weighted by molar-refractivity contribution is 0.241. The predicted octanol–water partition coefficient (Wildman–Crippen LogP) is 1.69. The third kappa shape index (κ3) is 6.53. The van der Waals surface area contributed by atoms with Crippen LogP contribution in [0.5, 0.6) is 0 Å². The van der Waals surface area contributed by atoms with Crippen molar-refractivity contribution < 1.29 is 13.9 Å². The normalized spacial score (nSPS) is 13.1.